The van der Waals surface area contributed by atoms with Gasteiger partial charge in [-0.25, -0.2) is 4.98 Å². The molecular weight excluding hydrogens is 498 g/mol. The van der Waals surface area contributed by atoms with Gasteiger partial charge in [0.25, 0.3) is 5.91 Å². The second-order valence-corrected chi connectivity index (χ2v) is 8.57. The molecule has 7 nitrogen and oxygen atoms in total. The number of aromatic nitrogens is 2. The van der Waals surface area contributed by atoms with E-state index in [1.165, 1.54) is 26.9 Å². The van der Waals surface area contributed by atoms with E-state index < -0.39 is 0 Å². The quantitative estimate of drug-likeness (QED) is 0.339. The van der Waals surface area contributed by atoms with Crippen LogP contribution in [0, 0.1) is 0 Å². The number of rotatable bonds is 9. The van der Waals surface area contributed by atoms with E-state index in [0.29, 0.717) is 42.3 Å². The number of halogens is 1. The van der Waals surface area contributed by atoms with Crippen LogP contribution in [0.2, 0.25) is 0 Å². The lowest BCUT2D eigenvalue weighted by Crippen LogP contribution is -2.26. The number of benzene rings is 3. The molecule has 1 heterocycles. The topological polar surface area (TPSA) is 74.6 Å². The molecule has 0 unspecified atom stereocenters. The van der Waals surface area contributed by atoms with Crippen molar-refractivity contribution in [2.75, 3.05) is 27.9 Å². The van der Waals surface area contributed by atoms with Crippen LogP contribution in [-0.4, -0.2) is 43.3 Å². The van der Waals surface area contributed by atoms with Gasteiger partial charge >= 0.3 is 0 Å². The summed E-state index contributed by atoms with van der Waals surface area (Å²) in [6.07, 6.45) is 0.582. The predicted molar refractivity (Wildman–Crippen MR) is 135 cm³/mol. The van der Waals surface area contributed by atoms with E-state index in [1.807, 2.05) is 30.3 Å². The monoisotopic (exact) mass is 523 g/mol. The van der Waals surface area contributed by atoms with Gasteiger partial charge in [-0.3, -0.25) is 4.79 Å². The molecule has 0 bridgehead atoms. The van der Waals surface area contributed by atoms with Crippen LogP contribution < -0.4 is 19.5 Å². The first-order chi connectivity index (χ1) is 16.5. The molecule has 4 aromatic rings. The molecule has 34 heavy (non-hydrogen) atoms. The summed E-state index contributed by atoms with van der Waals surface area (Å²) >= 11 is 3.55. The Morgan fingerprint density at radius 3 is 2.38 bits per heavy atom. The summed E-state index contributed by atoms with van der Waals surface area (Å²) in [6, 6.07) is 19.6. The number of nitrogens with one attached hydrogen (secondary N) is 1. The molecule has 0 spiro atoms. The molecule has 1 N–H and O–H groups in total. The highest BCUT2D eigenvalue weighted by molar-refractivity contribution is 9.10. The van der Waals surface area contributed by atoms with Crippen molar-refractivity contribution in [3.05, 3.63) is 82.1 Å². The van der Waals surface area contributed by atoms with Crippen LogP contribution in [0.5, 0.6) is 17.2 Å². The summed E-state index contributed by atoms with van der Waals surface area (Å²) < 4.78 is 19.3. The fourth-order valence-corrected chi connectivity index (χ4v) is 4.36. The number of carbonyl (C=O) groups excluding carboxylic acids is 1. The Hall–Kier alpha value is -3.52. The van der Waals surface area contributed by atoms with E-state index in [2.05, 4.69) is 44.0 Å². The van der Waals surface area contributed by atoms with Crippen LogP contribution in [0.15, 0.2) is 65.1 Å². The third kappa shape index (κ3) is 5.02. The van der Waals surface area contributed by atoms with Gasteiger partial charge in [-0.05, 0) is 42.0 Å². The van der Waals surface area contributed by atoms with Crippen LogP contribution in [0.4, 0.5) is 0 Å². The largest absolute Gasteiger partial charge is 0.493 e. The van der Waals surface area contributed by atoms with Crippen molar-refractivity contribution < 1.29 is 19.0 Å². The summed E-state index contributed by atoms with van der Waals surface area (Å²) in [5.74, 6) is 1.99. The number of fused-ring (bicyclic) bond motifs is 1. The number of para-hydroxylation sites is 2. The number of carbonyl (C=O) groups is 1. The Kier molecular flexibility index (Phi) is 7.37. The number of nitrogens with zero attached hydrogens (tertiary/aromatic N) is 2. The Morgan fingerprint density at radius 2 is 1.71 bits per heavy atom. The van der Waals surface area contributed by atoms with Gasteiger partial charge in [0.15, 0.2) is 11.5 Å². The molecule has 0 radical (unpaired) electrons. The van der Waals surface area contributed by atoms with E-state index in [1.54, 1.807) is 12.1 Å². The zero-order valence-corrected chi connectivity index (χ0v) is 20.9. The second-order valence-electron chi connectivity index (χ2n) is 7.65. The molecule has 0 aliphatic carbocycles. The normalized spacial score (nSPS) is 10.8. The summed E-state index contributed by atoms with van der Waals surface area (Å²) in [6.45, 7) is 1.12. The molecule has 0 saturated carbocycles. The van der Waals surface area contributed by atoms with Gasteiger partial charge in [0.1, 0.15) is 5.82 Å². The molecule has 1 amide bonds. The summed E-state index contributed by atoms with van der Waals surface area (Å²) in [4.78, 5) is 17.7. The Labute approximate surface area is 206 Å². The van der Waals surface area contributed by atoms with Crippen molar-refractivity contribution in [1.29, 1.82) is 0 Å². The Morgan fingerprint density at radius 1 is 0.971 bits per heavy atom. The van der Waals surface area contributed by atoms with E-state index in [-0.39, 0.29) is 5.91 Å². The van der Waals surface area contributed by atoms with Gasteiger partial charge in [0.05, 0.1) is 32.4 Å². The molecule has 4 rings (SSSR count). The van der Waals surface area contributed by atoms with E-state index in [4.69, 9.17) is 19.2 Å². The minimum absolute atomic E-state index is 0.228. The highest BCUT2D eigenvalue weighted by Gasteiger charge is 2.17. The SMILES string of the molecule is COc1cc(C(=O)NCCc2nc3ccccc3n2Cc2cccc(Br)c2)cc(OC)c1OC. The van der Waals surface area contributed by atoms with E-state index in [9.17, 15) is 4.79 Å². The lowest BCUT2D eigenvalue weighted by atomic mass is 10.1. The maximum atomic E-state index is 12.9. The molecule has 0 atom stereocenters. The number of hydrogen-bond donors (Lipinski definition) is 1. The van der Waals surface area contributed by atoms with E-state index in [0.717, 1.165) is 21.3 Å². The smallest absolute Gasteiger partial charge is 0.251 e. The Balaban J connectivity index is 1.52. The molecule has 176 valence electrons. The van der Waals surface area contributed by atoms with Crippen molar-refractivity contribution in [3.63, 3.8) is 0 Å². The van der Waals surface area contributed by atoms with Gasteiger partial charge in [0, 0.05) is 29.5 Å². The lowest BCUT2D eigenvalue weighted by Gasteiger charge is -2.14. The number of ether oxygens (including phenoxy) is 3. The van der Waals surface area contributed by atoms with Crippen molar-refractivity contribution in [2.45, 2.75) is 13.0 Å². The molecule has 0 fully saturated rings. The van der Waals surface area contributed by atoms with Crippen molar-refractivity contribution >= 4 is 32.9 Å². The molecule has 0 saturated heterocycles. The van der Waals surface area contributed by atoms with Crippen LogP contribution in [0.1, 0.15) is 21.7 Å². The van der Waals surface area contributed by atoms with Gasteiger partial charge in [-0.15, -0.1) is 0 Å². The zero-order chi connectivity index (χ0) is 24.1. The fraction of sp³-hybridized carbons (Fsp3) is 0.231. The molecule has 3 aromatic carbocycles. The predicted octanol–water partition coefficient (Wildman–Crippen LogP) is 4.85. The van der Waals surface area contributed by atoms with Crippen LogP contribution in [-0.2, 0) is 13.0 Å². The van der Waals surface area contributed by atoms with Crippen LogP contribution in [0.3, 0.4) is 0 Å². The maximum Gasteiger partial charge on any atom is 0.251 e. The third-order valence-corrected chi connectivity index (χ3v) is 6.02. The highest BCUT2D eigenvalue weighted by Crippen LogP contribution is 2.38. The Bertz CT molecular complexity index is 1290. The first-order valence-corrected chi connectivity index (χ1v) is 11.6. The maximum absolute atomic E-state index is 12.9. The first-order valence-electron chi connectivity index (χ1n) is 10.8. The van der Waals surface area contributed by atoms with Crippen molar-refractivity contribution in [3.8, 4) is 17.2 Å². The second kappa shape index (κ2) is 10.6. The number of hydrogen-bond acceptors (Lipinski definition) is 5. The van der Waals surface area contributed by atoms with Gasteiger partial charge in [-0.2, -0.15) is 0 Å². The van der Waals surface area contributed by atoms with Crippen LogP contribution in [0.25, 0.3) is 11.0 Å². The average Bonchev–Trinajstić information content (AvgIpc) is 3.20. The standard InChI is InChI=1S/C26H26BrN3O4/c1-32-22-14-18(15-23(33-2)25(22)34-3)26(31)28-12-11-24-29-20-9-4-5-10-21(20)30(24)16-17-7-6-8-19(27)13-17/h4-10,13-15H,11-12,16H2,1-3H3,(H,28,31). The van der Waals surface area contributed by atoms with Crippen LogP contribution >= 0.6 is 15.9 Å². The number of methoxy groups -OCH3 is 3. The molecular formula is C26H26BrN3O4. The first kappa shape index (κ1) is 23.6. The fourth-order valence-electron chi connectivity index (χ4n) is 3.91. The van der Waals surface area contributed by atoms with Gasteiger partial charge < -0.3 is 24.1 Å². The number of amides is 1. The molecule has 1 aromatic heterocycles. The summed E-state index contributed by atoms with van der Waals surface area (Å²) in [5.41, 5.74) is 3.59. The van der Waals surface area contributed by atoms with E-state index >= 15 is 0 Å². The van der Waals surface area contributed by atoms with Crippen molar-refractivity contribution in [1.82, 2.24) is 14.9 Å². The lowest BCUT2D eigenvalue weighted by molar-refractivity contribution is 0.0953. The minimum Gasteiger partial charge on any atom is -0.493 e. The molecule has 0 aliphatic rings. The third-order valence-electron chi connectivity index (χ3n) is 5.52. The van der Waals surface area contributed by atoms with Gasteiger partial charge in [0.2, 0.25) is 5.75 Å². The minimum atomic E-state index is -0.228. The summed E-state index contributed by atoms with van der Waals surface area (Å²) in [5, 5.41) is 2.98. The van der Waals surface area contributed by atoms with Crippen molar-refractivity contribution in [2.24, 2.45) is 0 Å². The molecule has 8 heteroatoms. The highest BCUT2D eigenvalue weighted by atomic mass is 79.9. The zero-order valence-electron chi connectivity index (χ0n) is 19.3. The van der Waals surface area contributed by atoms with Gasteiger partial charge in [-0.1, -0.05) is 40.2 Å². The average molecular weight is 524 g/mol. The number of imidazole rings is 1. The summed E-state index contributed by atoms with van der Waals surface area (Å²) in [7, 11) is 4.57. The molecule has 0 aliphatic heterocycles.